The van der Waals surface area contributed by atoms with Crippen LogP contribution in [0.1, 0.15) is 38.3 Å². The van der Waals surface area contributed by atoms with Gasteiger partial charge in [-0.15, -0.1) is 0 Å². The normalized spacial score (nSPS) is 24.4. The molecule has 1 N–H and O–H groups in total. The SMILES string of the molecule is COc1ccc(C(C)NCC2(C)CCCS2)c(F)c1. The van der Waals surface area contributed by atoms with Crippen LogP contribution in [-0.2, 0) is 0 Å². The maximum atomic E-state index is 14.0. The highest BCUT2D eigenvalue weighted by Crippen LogP contribution is 2.37. The Balaban J connectivity index is 1.97. The van der Waals surface area contributed by atoms with Crippen molar-refractivity contribution in [3.05, 3.63) is 29.6 Å². The Labute approximate surface area is 119 Å². The van der Waals surface area contributed by atoms with E-state index in [1.165, 1.54) is 24.7 Å². The highest BCUT2D eigenvalue weighted by molar-refractivity contribution is 8.00. The number of rotatable bonds is 5. The minimum Gasteiger partial charge on any atom is -0.497 e. The Morgan fingerprint density at radius 2 is 2.32 bits per heavy atom. The van der Waals surface area contributed by atoms with Gasteiger partial charge in [0.15, 0.2) is 0 Å². The zero-order chi connectivity index (χ0) is 13.9. The third-order valence-corrected chi connectivity index (χ3v) is 5.29. The van der Waals surface area contributed by atoms with E-state index in [9.17, 15) is 4.39 Å². The summed E-state index contributed by atoms with van der Waals surface area (Å²) in [5.74, 6) is 1.60. The van der Waals surface area contributed by atoms with Gasteiger partial charge in [-0.1, -0.05) is 6.07 Å². The first-order chi connectivity index (χ1) is 9.04. The van der Waals surface area contributed by atoms with Gasteiger partial charge in [-0.2, -0.15) is 11.8 Å². The summed E-state index contributed by atoms with van der Waals surface area (Å²) in [6.45, 7) is 5.22. The summed E-state index contributed by atoms with van der Waals surface area (Å²) in [4.78, 5) is 0. The minimum atomic E-state index is -0.205. The monoisotopic (exact) mass is 283 g/mol. The number of methoxy groups -OCH3 is 1. The molecule has 2 nitrogen and oxygen atoms in total. The number of hydrogen-bond acceptors (Lipinski definition) is 3. The molecule has 0 spiro atoms. The van der Waals surface area contributed by atoms with Crippen LogP contribution in [0.3, 0.4) is 0 Å². The highest BCUT2D eigenvalue weighted by Gasteiger charge is 2.29. The molecule has 2 atom stereocenters. The summed E-state index contributed by atoms with van der Waals surface area (Å²) < 4.78 is 19.3. The molecule has 1 aromatic rings. The summed E-state index contributed by atoms with van der Waals surface area (Å²) in [5, 5.41) is 3.46. The third-order valence-electron chi connectivity index (χ3n) is 3.76. The van der Waals surface area contributed by atoms with E-state index in [1.807, 2.05) is 24.8 Å². The van der Waals surface area contributed by atoms with Gasteiger partial charge in [0.25, 0.3) is 0 Å². The van der Waals surface area contributed by atoms with Crippen LogP contribution < -0.4 is 10.1 Å². The summed E-state index contributed by atoms with van der Waals surface area (Å²) in [5.41, 5.74) is 0.701. The van der Waals surface area contributed by atoms with E-state index in [-0.39, 0.29) is 11.9 Å². The average Bonchev–Trinajstić information content (AvgIpc) is 2.83. The van der Waals surface area contributed by atoms with E-state index in [1.54, 1.807) is 13.2 Å². The molecule has 1 fully saturated rings. The maximum Gasteiger partial charge on any atom is 0.131 e. The number of thioether (sulfide) groups is 1. The van der Waals surface area contributed by atoms with Gasteiger partial charge < -0.3 is 10.1 Å². The fraction of sp³-hybridized carbons (Fsp3) is 0.600. The number of benzene rings is 1. The lowest BCUT2D eigenvalue weighted by Gasteiger charge is -2.26. The topological polar surface area (TPSA) is 21.3 Å². The van der Waals surface area contributed by atoms with Gasteiger partial charge in [-0.3, -0.25) is 0 Å². The molecule has 0 saturated carbocycles. The molecule has 0 amide bonds. The maximum absolute atomic E-state index is 14.0. The fourth-order valence-electron chi connectivity index (χ4n) is 2.44. The molecule has 2 rings (SSSR count). The van der Waals surface area contributed by atoms with E-state index in [4.69, 9.17) is 4.74 Å². The molecular weight excluding hydrogens is 261 g/mol. The molecule has 19 heavy (non-hydrogen) atoms. The molecule has 1 saturated heterocycles. The predicted molar refractivity (Wildman–Crippen MR) is 79.5 cm³/mol. The van der Waals surface area contributed by atoms with Crippen LogP contribution >= 0.6 is 11.8 Å². The minimum absolute atomic E-state index is 0.0175. The lowest BCUT2D eigenvalue weighted by molar-refractivity contribution is 0.409. The van der Waals surface area contributed by atoms with Gasteiger partial charge in [0.05, 0.1) is 7.11 Å². The molecule has 1 aromatic carbocycles. The van der Waals surface area contributed by atoms with Crippen LogP contribution in [0, 0.1) is 5.82 Å². The van der Waals surface area contributed by atoms with E-state index >= 15 is 0 Å². The molecule has 2 unspecified atom stereocenters. The fourth-order valence-corrected chi connectivity index (χ4v) is 3.70. The zero-order valence-corrected chi connectivity index (χ0v) is 12.6. The van der Waals surface area contributed by atoms with Gasteiger partial charge in [0.2, 0.25) is 0 Å². The number of halogens is 1. The Bertz CT molecular complexity index is 432. The zero-order valence-electron chi connectivity index (χ0n) is 11.8. The van der Waals surface area contributed by atoms with E-state index in [0.29, 0.717) is 16.1 Å². The molecule has 106 valence electrons. The Morgan fingerprint density at radius 1 is 1.53 bits per heavy atom. The van der Waals surface area contributed by atoms with Crippen molar-refractivity contribution in [3.8, 4) is 5.75 Å². The molecule has 1 heterocycles. The number of ether oxygens (including phenoxy) is 1. The second kappa shape index (κ2) is 6.14. The van der Waals surface area contributed by atoms with E-state index in [2.05, 4.69) is 12.2 Å². The first-order valence-electron chi connectivity index (χ1n) is 6.75. The van der Waals surface area contributed by atoms with Crippen LogP contribution in [0.5, 0.6) is 5.75 Å². The average molecular weight is 283 g/mol. The molecule has 4 heteroatoms. The van der Waals surface area contributed by atoms with Gasteiger partial charge in [0, 0.05) is 29.0 Å². The lowest BCUT2D eigenvalue weighted by Crippen LogP contribution is -2.34. The van der Waals surface area contributed by atoms with Crippen LogP contribution in [0.25, 0.3) is 0 Å². The molecule has 1 aliphatic heterocycles. The quantitative estimate of drug-likeness (QED) is 0.889. The highest BCUT2D eigenvalue weighted by atomic mass is 32.2. The molecule has 1 aliphatic rings. The van der Waals surface area contributed by atoms with Gasteiger partial charge >= 0.3 is 0 Å². The predicted octanol–water partition coefficient (Wildman–Crippen LogP) is 3.77. The van der Waals surface area contributed by atoms with Gasteiger partial charge in [-0.05, 0) is 38.5 Å². The van der Waals surface area contributed by atoms with Crippen molar-refractivity contribution in [2.24, 2.45) is 0 Å². The Kier molecular flexibility index (Phi) is 4.74. The first-order valence-corrected chi connectivity index (χ1v) is 7.73. The summed E-state index contributed by atoms with van der Waals surface area (Å²) in [6.07, 6.45) is 2.52. The third kappa shape index (κ3) is 3.63. The number of hydrogen-bond donors (Lipinski definition) is 1. The van der Waals surface area contributed by atoms with E-state index in [0.717, 1.165) is 6.54 Å². The van der Waals surface area contributed by atoms with Crippen molar-refractivity contribution in [1.29, 1.82) is 0 Å². The Hall–Kier alpha value is -0.740. The van der Waals surface area contributed by atoms with Crippen molar-refractivity contribution in [2.75, 3.05) is 19.4 Å². The van der Waals surface area contributed by atoms with Crippen molar-refractivity contribution in [3.63, 3.8) is 0 Å². The van der Waals surface area contributed by atoms with Crippen LogP contribution in [0.15, 0.2) is 18.2 Å². The molecule has 0 radical (unpaired) electrons. The second-order valence-electron chi connectivity index (χ2n) is 5.39. The molecule has 0 bridgehead atoms. The molecule has 0 aromatic heterocycles. The summed E-state index contributed by atoms with van der Waals surface area (Å²) in [7, 11) is 1.55. The van der Waals surface area contributed by atoms with Crippen molar-refractivity contribution in [2.45, 2.75) is 37.5 Å². The van der Waals surface area contributed by atoms with Crippen LogP contribution in [0.4, 0.5) is 4.39 Å². The van der Waals surface area contributed by atoms with Gasteiger partial charge in [-0.25, -0.2) is 4.39 Å². The van der Waals surface area contributed by atoms with Crippen molar-refractivity contribution >= 4 is 11.8 Å². The van der Waals surface area contributed by atoms with Crippen LogP contribution in [-0.4, -0.2) is 24.2 Å². The largest absolute Gasteiger partial charge is 0.497 e. The number of nitrogens with one attached hydrogen (secondary N) is 1. The molecular formula is C15H22FNOS. The second-order valence-corrected chi connectivity index (χ2v) is 7.07. The van der Waals surface area contributed by atoms with E-state index < -0.39 is 0 Å². The summed E-state index contributed by atoms with van der Waals surface area (Å²) >= 11 is 2.02. The summed E-state index contributed by atoms with van der Waals surface area (Å²) in [6, 6.07) is 5.07. The van der Waals surface area contributed by atoms with Gasteiger partial charge in [0.1, 0.15) is 11.6 Å². The lowest BCUT2D eigenvalue weighted by atomic mass is 10.0. The Morgan fingerprint density at radius 3 is 2.89 bits per heavy atom. The van der Waals surface area contributed by atoms with Crippen LogP contribution in [0.2, 0.25) is 0 Å². The standard InChI is InChI=1S/C15H22FNOS/c1-11(17-10-15(2)7-4-8-19-15)13-6-5-12(18-3)9-14(13)16/h5-6,9,11,17H,4,7-8,10H2,1-3H3. The molecule has 0 aliphatic carbocycles. The first kappa shape index (κ1) is 14.7. The van der Waals surface area contributed by atoms with Crippen molar-refractivity contribution in [1.82, 2.24) is 5.32 Å². The van der Waals surface area contributed by atoms with Crippen molar-refractivity contribution < 1.29 is 9.13 Å². The smallest absolute Gasteiger partial charge is 0.131 e.